The molecule has 0 aromatic heterocycles. The maximum absolute atomic E-state index is 11.5. The Bertz CT molecular complexity index is 570. The van der Waals surface area contributed by atoms with Gasteiger partial charge in [-0.3, -0.25) is 0 Å². The molecule has 1 atom stereocenters. The van der Waals surface area contributed by atoms with Gasteiger partial charge in [-0.05, 0) is 37.1 Å². The van der Waals surface area contributed by atoms with Gasteiger partial charge in [-0.2, -0.15) is 0 Å². The second kappa shape index (κ2) is 6.35. The quantitative estimate of drug-likeness (QED) is 0.867. The van der Waals surface area contributed by atoms with Crippen molar-refractivity contribution in [1.82, 2.24) is 0 Å². The highest BCUT2D eigenvalue weighted by Gasteiger charge is 2.12. The molecule has 0 aliphatic rings. The number of hydrogen-bond donors (Lipinski definition) is 1. The molecule has 3 nitrogen and oxygen atoms in total. The molecule has 1 N–H and O–H groups in total. The predicted molar refractivity (Wildman–Crippen MR) is 77.6 cm³/mol. The molecule has 1 unspecified atom stereocenters. The number of aryl methyl sites for hydroxylation is 1. The van der Waals surface area contributed by atoms with Gasteiger partial charge in [0.25, 0.3) is 0 Å². The Morgan fingerprint density at radius 1 is 1.05 bits per heavy atom. The topological polar surface area (TPSA) is 46.5 Å². The van der Waals surface area contributed by atoms with E-state index in [2.05, 4.69) is 0 Å². The normalized spacial score (nSPS) is 11.9. The lowest BCUT2D eigenvalue weighted by molar-refractivity contribution is 0.0526. The monoisotopic (exact) mass is 270 g/mol. The smallest absolute Gasteiger partial charge is 0.338 e. The van der Waals surface area contributed by atoms with E-state index in [1.54, 1.807) is 31.2 Å². The van der Waals surface area contributed by atoms with Crippen molar-refractivity contribution in [2.45, 2.75) is 20.0 Å². The van der Waals surface area contributed by atoms with Crippen LogP contribution in [-0.2, 0) is 4.74 Å². The van der Waals surface area contributed by atoms with Gasteiger partial charge in [0.2, 0.25) is 0 Å². The number of esters is 1. The number of hydrogen-bond acceptors (Lipinski definition) is 3. The number of aliphatic hydroxyl groups excluding tert-OH is 1. The number of ether oxygens (including phenoxy) is 1. The highest BCUT2D eigenvalue weighted by atomic mass is 16.5. The maximum atomic E-state index is 11.5. The Labute approximate surface area is 118 Å². The summed E-state index contributed by atoms with van der Waals surface area (Å²) in [4.78, 5) is 11.5. The highest BCUT2D eigenvalue weighted by Crippen LogP contribution is 2.22. The van der Waals surface area contributed by atoms with Crippen LogP contribution in [0.1, 0.15) is 40.1 Å². The minimum Gasteiger partial charge on any atom is -0.462 e. The summed E-state index contributed by atoms with van der Waals surface area (Å²) in [7, 11) is 0. The van der Waals surface area contributed by atoms with Gasteiger partial charge in [-0.25, -0.2) is 4.79 Å². The summed E-state index contributed by atoms with van der Waals surface area (Å²) in [5.74, 6) is -0.344. The summed E-state index contributed by atoms with van der Waals surface area (Å²) in [5, 5.41) is 10.3. The van der Waals surface area contributed by atoms with Crippen LogP contribution in [0.5, 0.6) is 0 Å². The number of carbonyl (C=O) groups excluding carboxylic acids is 1. The third-order valence-corrected chi connectivity index (χ3v) is 3.13. The molecular formula is C17H18O3. The number of carbonyl (C=O) groups is 1. The molecule has 20 heavy (non-hydrogen) atoms. The molecule has 0 saturated heterocycles. The lowest BCUT2D eigenvalue weighted by Crippen LogP contribution is -2.05. The van der Waals surface area contributed by atoms with Crippen molar-refractivity contribution in [1.29, 1.82) is 0 Å². The molecule has 0 saturated carbocycles. The highest BCUT2D eigenvalue weighted by molar-refractivity contribution is 5.89. The summed E-state index contributed by atoms with van der Waals surface area (Å²) >= 11 is 0. The number of benzene rings is 2. The predicted octanol–water partition coefficient (Wildman–Crippen LogP) is 3.25. The van der Waals surface area contributed by atoms with E-state index in [-0.39, 0.29) is 5.97 Å². The largest absolute Gasteiger partial charge is 0.462 e. The summed E-state index contributed by atoms with van der Waals surface area (Å²) in [6.07, 6.45) is -0.688. The minimum atomic E-state index is -0.688. The first kappa shape index (κ1) is 14.3. The first-order chi connectivity index (χ1) is 9.61. The molecule has 0 aliphatic heterocycles. The number of rotatable bonds is 4. The Balaban J connectivity index is 2.17. The van der Waals surface area contributed by atoms with Gasteiger partial charge in [0.1, 0.15) is 6.10 Å². The van der Waals surface area contributed by atoms with Gasteiger partial charge < -0.3 is 9.84 Å². The van der Waals surface area contributed by atoms with E-state index in [1.165, 1.54) is 0 Å². The summed E-state index contributed by atoms with van der Waals surface area (Å²) in [5.41, 5.74) is 3.23. The molecule has 0 spiro atoms. The summed E-state index contributed by atoms with van der Waals surface area (Å²) < 4.78 is 4.92. The van der Waals surface area contributed by atoms with Crippen LogP contribution in [0.4, 0.5) is 0 Å². The lowest BCUT2D eigenvalue weighted by Gasteiger charge is -2.12. The van der Waals surface area contributed by atoms with Gasteiger partial charge >= 0.3 is 5.97 Å². The second-order valence-electron chi connectivity index (χ2n) is 4.66. The molecule has 104 valence electrons. The van der Waals surface area contributed by atoms with E-state index in [0.29, 0.717) is 12.2 Å². The molecule has 0 amide bonds. The molecule has 0 radical (unpaired) electrons. The van der Waals surface area contributed by atoms with Crippen molar-refractivity contribution >= 4 is 5.97 Å². The maximum Gasteiger partial charge on any atom is 0.338 e. The van der Waals surface area contributed by atoms with E-state index in [0.717, 1.165) is 16.7 Å². The van der Waals surface area contributed by atoms with Gasteiger partial charge in [-0.1, -0.05) is 42.0 Å². The molecule has 2 rings (SSSR count). The van der Waals surface area contributed by atoms with E-state index in [1.807, 2.05) is 31.2 Å². The molecule has 3 heteroatoms. The zero-order valence-corrected chi connectivity index (χ0v) is 11.7. The van der Waals surface area contributed by atoms with Crippen molar-refractivity contribution < 1.29 is 14.6 Å². The molecule has 0 heterocycles. The zero-order chi connectivity index (χ0) is 14.5. The van der Waals surface area contributed by atoms with Gasteiger partial charge in [0, 0.05) is 0 Å². The van der Waals surface area contributed by atoms with Crippen molar-refractivity contribution in [3.05, 3.63) is 70.8 Å². The van der Waals surface area contributed by atoms with Crippen molar-refractivity contribution in [2.24, 2.45) is 0 Å². The van der Waals surface area contributed by atoms with Crippen molar-refractivity contribution in [3.63, 3.8) is 0 Å². The SMILES string of the molecule is CCOC(=O)c1ccc(C(O)c2ccc(C)cc2)cc1. The van der Waals surface area contributed by atoms with Gasteiger partial charge in [0.15, 0.2) is 0 Å². The second-order valence-corrected chi connectivity index (χ2v) is 4.66. The van der Waals surface area contributed by atoms with E-state index in [9.17, 15) is 9.90 Å². The van der Waals surface area contributed by atoms with E-state index < -0.39 is 6.10 Å². The molecular weight excluding hydrogens is 252 g/mol. The Morgan fingerprint density at radius 3 is 2.05 bits per heavy atom. The first-order valence-corrected chi connectivity index (χ1v) is 6.63. The summed E-state index contributed by atoms with van der Waals surface area (Å²) in [6, 6.07) is 14.6. The van der Waals surface area contributed by atoms with E-state index in [4.69, 9.17) is 4.74 Å². The molecule has 0 bridgehead atoms. The van der Waals surface area contributed by atoms with Crippen molar-refractivity contribution in [3.8, 4) is 0 Å². The fourth-order valence-electron chi connectivity index (χ4n) is 1.96. The van der Waals surface area contributed by atoms with Gasteiger partial charge in [0.05, 0.1) is 12.2 Å². The van der Waals surface area contributed by atoms with E-state index >= 15 is 0 Å². The van der Waals surface area contributed by atoms with Crippen LogP contribution >= 0.6 is 0 Å². The van der Waals surface area contributed by atoms with Crippen LogP contribution in [0.2, 0.25) is 0 Å². The standard InChI is InChI=1S/C17H18O3/c1-3-20-17(19)15-10-8-14(9-11-15)16(18)13-6-4-12(2)5-7-13/h4-11,16,18H,3H2,1-2H3. The fourth-order valence-corrected chi connectivity index (χ4v) is 1.96. The first-order valence-electron chi connectivity index (χ1n) is 6.63. The average molecular weight is 270 g/mol. The Morgan fingerprint density at radius 2 is 1.55 bits per heavy atom. The van der Waals surface area contributed by atoms with Crippen LogP contribution in [0.15, 0.2) is 48.5 Å². The van der Waals surface area contributed by atoms with Crippen molar-refractivity contribution in [2.75, 3.05) is 6.61 Å². The number of aliphatic hydroxyl groups is 1. The molecule has 2 aromatic rings. The minimum absolute atomic E-state index is 0.344. The fraction of sp³-hybridized carbons (Fsp3) is 0.235. The lowest BCUT2D eigenvalue weighted by atomic mass is 9.99. The van der Waals surface area contributed by atoms with Crippen LogP contribution in [0, 0.1) is 6.92 Å². The molecule has 0 aliphatic carbocycles. The third-order valence-electron chi connectivity index (χ3n) is 3.13. The molecule has 0 fully saturated rings. The Hall–Kier alpha value is -2.13. The third kappa shape index (κ3) is 3.25. The van der Waals surface area contributed by atoms with Gasteiger partial charge in [-0.15, -0.1) is 0 Å². The van der Waals surface area contributed by atoms with Crippen LogP contribution in [0.25, 0.3) is 0 Å². The zero-order valence-electron chi connectivity index (χ0n) is 11.7. The van der Waals surface area contributed by atoms with Crippen LogP contribution in [-0.4, -0.2) is 17.7 Å². The molecule has 2 aromatic carbocycles. The summed E-state index contributed by atoms with van der Waals surface area (Å²) in [6.45, 7) is 4.13. The average Bonchev–Trinajstić information content (AvgIpc) is 2.48. The Kier molecular flexibility index (Phi) is 4.53. The van der Waals surface area contributed by atoms with Crippen LogP contribution < -0.4 is 0 Å². The van der Waals surface area contributed by atoms with Crippen LogP contribution in [0.3, 0.4) is 0 Å².